The van der Waals surface area contributed by atoms with Crippen LogP contribution in [0.5, 0.6) is 0 Å². The van der Waals surface area contributed by atoms with Gasteiger partial charge in [0, 0.05) is 18.8 Å². The molecule has 0 atom stereocenters. The SMILES string of the molecule is CCc1ncc(CCCN(C)C)cn1. The van der Waals surface area contributed by atoms with Crippen LogP contribution in [-0.4, -0.2) is 35.5 Å². The van der Waals surface area contributed by atoms with Crippen LogP contribution in [0, 0.1) is 0 Å². The van der Waals surface area contributed by atoms with Gasteiger partial charge in [-0.25, -0.2) is 9.97 Å². The summed E-state index contributed by atoms with van der Waals surface area (Å²) in [4.78, 5) is 10.7. The molecular weight excluding hydrogens is 174 g/mol. The van der Waals surface area contributed by atoms with Crippen molar-refractivity contribution in [3.05, 3.63) is 23.8 Å². The molecular formula is C11H19N3. The fourth-order valence-electron chi connectivity index (χ4n) is 1.29. The van der Waals surface area contributed by atoms with E-state index < -0.39 is 0 Å². The Morgan fingerprint density at radius 3 is 2.36 bits per heavy atom. The Balaban J connectivity index is 2.36. The minimum atomic E-state index is 0.915. The third-order valence-corrected chi connectivity index (χ3v) is 2.15. The van der Waals surface area contributed by atoms with Gasteiger partial charge in [-0.2, -0.15) is 0 Å². The zero-order chi connectivity index (χ0) is 10.4. The van der Waals surface area contributed by atoms with Gasteiger partial charge in [0.15, 0.2) is 0 Å². The fourth-order valence-corrected chi connectivity index (χ4v) is 1.29. The summed E-state index contributed by atoms with van der Waals surface area (Å²) in [5.74, 6) is 0.932. The van der Waals surface area contributed by atoms with Crippen LogP contribution in [0.15, 0.2) is 12.4 Å². The van der Waals surface area contributed by atoms with Crippen LogP contribution in [0.4, 0.5) is 0 Å². The van der Waals surface area contributed by atoms with Crippen LogP contribution < -0.4 is 0 Å². The maximum absolute atomic E-state index is 4.27. The lowest BCUT2D eigenvalue weighted by atomic mass is 10.2. The maximum Gasteiger partial charge on any atom is 0.127 e. The molecule has 0 fully saturated rings. The molecule has 0 radical (unpaired) electrons. The second-order valence-corrected chi connectivity index (χ2v) is 3.77. The molecule has 0 spiro atoms. The Bertz CT molecular complexity index is 254. The van der Waals surface area contributed by atoms with E-state index in [-0.39, 0.29) is 0 Å². The molecule has 0 aliphatic heterocycles. The number of rotatable bonds is 5. The molecule has 0 amide bonds. The molecule has 0 aliphatic carbocycles. The summed E-state index contributed by atoms with van der Waals surface area (Å²) < 4.78 is 0. The minimum Gasteiger partial charge on any atom is -0.309 e. The van der Waals surface area contributed by atoms with Crippen LogP contribution in [0.2, 0.25) is 0 Å². The predicted molar refractivity (Wildman–Crippen MR) is 58.3 cm³/mol. The largest absolute Gasteiger partial charge is 0.309 e. The molecule has 14 heavy (non-hydrogen) atoms. The highest BCUT2D eigenvalue weighted by molar-refractivity contribution is 5.05. The van der Waals surface area contributed by atoms with E-state index >= 15 is 0 Å². The van der Waals surface area contributed by atoms with Gasteiger partial charge in [-0.05, 0) is 39.0 Å². The molecule has 3 nitrogen and oxygen atoms in total. The molecule has 78 valence electrons. The quantitative estimate of drug-likeness (QED) is 0.710. The highest BCUT2D eigenvalue weighted by Crippen LogP contribution is 2.01. The molecule has 0 saturated carbocycles. The van der Waals surface area contributed by atoms with Crippen molar-refractivity contribution in [1.82, 2.24) is 14.9 Å². The molecule has 1 heterocycles. The lowest BCUT2D eigenvalue weighted by Crippen LogP contribution is -2.13. The molecule has 1 aromatic heterocycles. The van der Waals surface area contributed by atoms with Gasteiger partial charge in [0.25, 0.3) is 0 Å². The van der Waals surface area contributed by atoms with Crippen molar-refractivity contribution in [1.29, 1.82) is 0 Å². The Kier molecular flexibility index (Phi) is 4.53. The van der Waals surface area contributed by atoms with Crippen molar-refractivity contribution in [2.75, 3.05) is 20.6 Å². The van der Waals surface area contributed by atoms with Gasteiger partial charge in [-0.15, -0.1) is 0 Å². The fraction of sp³-hybridized carbons (Fsp3) is 0.636. The molecule has 0 aliphatic rings. The van der Waals surface area contributed by atoms with E-state index in [0.29, 0.717) is 0 Å². The second kappa shape index (κ2) is 5.70. The van der Waals surface area contributed by atoms with Gasteiger partial charge in [0.05, 0.1) is 0 Å². The molecule has 0 aromatic carbocycles. The van der Waals surface area contributed by atoms with Crippen molar-refractivity contribution >= 4 is 0 Å². The summed E-state index contributed by atoms with van der Waals surface area (Å²) in [7, 11) is 4.19. The lowest BCUT2D eigenvalue weighted by Gasteiger charge is -2.08. The molecule has 1 aromatic rings. The van der Waals surface area contributed by atoms with Gasteiger partial charge < -0.3 is 4.90 Å². The van der Waals surface area contributed by atoms with E-state index in [1.807, 2.05) is 12.4 Å². The van der Waals surface area contributed by atoms with Crippen molar-refractivity contribution in [3.63, 3.8) is 0 Å². The topological polar surface area (TPSA) is 29.0 Å². The van der Waals surface area contributed by atoms with Crippen LogP contribution in [0.25, 0.3) is 0 Å². The third-order valence-electron chi connectivity index (χ3n) is 2.15. The van der Waals surface area contributed by atoms with Crippen LogP contribution in [0.1, 0.15) is 24.7 Å². The maximum atomic E-state index is 4.27. The van der Waals surface area contributed by atoms with Gasteiger partial charge in [-0.3, -0.25) is 0 Å². The van der Waals surface area contributed by atoms with Crippen LogP contribution in [0.3, 0.4) is 0 Å². The highest BCUT2D eigenvalue weighted by atomic mass is 15.0. The summed E-state index contributed by atoms with van der Waals surface area (Å²) in [6.45, 7) is 3.19. The first-order valence-electron chi connectivity index (χ1n) is 5.17. The average molecular weight is 193 g/mol. The summed E-state index contributed by atoms with van der Waals surface area (Å²) in [5, 5.41) is 0. The summed E-state index contributed by atoms with van der Waals surface area (Å²) in [6.07, 6.45) is 7.05. The van der Waals surface area contributed by atoms with Crippen molar-refractivity contribution in [2.45, 2.75) is 26.2 Å². The number of hydrogen-bond donors (Lipinski definition) is 0. The third kappa shape index (κ3) is 3.83. The Morgan fingerprint density at radius 1 is 1.21 bits per heavy atom. The normalized spacial score (nSPS) is 10.9. The smallest absolute Gasteiger partial charge is 0.127 e. The number of nitrogens with zero attached hydrogens (tertiary/aromatic N) is 3. The van der Waals surface area contributed by atoms with E-state index in [2.05, 4.69) is 35.9 Å². The van der Waals surface area contributed by atoms with Crippen LogP contribution in [-0.2, 0) is 12.8 Å². The zero-order valence-electron chi connectivity index (χ0n) is 9.32. The second-order valence-electron chi connectivity index (χ2n) is 3.77. The van der Waals surface area contributed by atoms with Gasteiger partial charge in [0.2, 0.25) is 0 Å². The summed E-state index contributed by atoms with van der Waals surface area (Å²) >= 11 is 0. The Labute approximate surface area is 86.2 Å². The summed E-state index contributed by atoms with van der Waals surface area (Å²) in [5.41, 5.74) is 1.24. The molecule has 1 rings (SSSR count). The van der Waals surface area contributed by atoms with Gasteiger partial charge in [-0.1, -0.05) is 6.92 Å². The van der Waals surface area contributed by atoms with Crippen molar-refractivity contribution < 1.29 is 0 Å². The monoisotopic (exact) mass is 193 g/mol. The standard InChI is InChI=1S/C11H19N3/c1-4-11-12-8-10(9-13-11)6-5-7-14(2)3/h8-9H,4-7H2,1-3H3. The zero-order valence-corrected chi connectivity index (χ0v) is 9.32. The predicted octanol–water partition coefficient (Wildman–Crippen LogP) is 1.53. The first-order chi connectivity index (χ1) is 6.72. The highest BCUT2D eigenvalue weighted by Gasteiger charge is 1.96. The first-order valence-corrected chi connectivity index (χ1v) is 5.17. The van der Waals surface area contributed by atoms with Gasteiger partial charge in [0.1, 0.15) is 5.82 Å². The van der Waals surface area contributed by atoms with E-state index in [9.17, 15) is 0 Å². The molecule has 0 unspecified atom stereocenters. The van der Waals surface area contributed by atoms with Crippen molar-refractivity contribution in [2.24, 2.45) is 0 Å². The number of hydrogen-bond acceptors (Lipinski definition) is 3. The van der Waals surface area contributed by atoms with E-state index in [0.717, 1.165) is 25.2 Å². The molecule has 3 heteroatoms. The summed E-state index contributed by atoms with van der Waals surface area (Å²) in [6, 6.07) is 0. The number of aromatic nitrogens is 2. The molecule has 0 bridgehead atoms. The van der Waals surface area contributed by atoms with E-state index in [4.69, 9.17) is 0 Å². The van der Waals surface area contributed by atoms with Crippen molar-refractivity contribution in [3.8, 4) is 0 Å². The average Bonchev–Trinajstić information content (AvgIpc) is 2.18. The van der Waals surface area contributed by atoms with E-state index in [1.54, 1.807) is 0 Å². The molecule has 0 saturated heterocycles. The number of aryl methyl sites for hydroxylation is 2. The Morgan fingerprint density at radius 2 is 1.86 bits per heavy atom. The lowest BCUT2D eigenvalue weighted by molar-refractivity contribution is 0.400. The van der Waals surface area contributed by atoms with E-state index in [1.165, 1.54) is 12.0 Å². The first kappa shape index (κ1) is 11.1. The minimum absolute atomic E-state index is 0.915. The Hall–Kier alpha value is -0.960. The molecule has 0 N–H and O–H groups in total. The van der Waals surface area contributed by atoms with Crippen LogP contribution >= 0.6 is 0 Å². The van der Waals surface area contributed by atoms with Gasteiger partial charge >= 0.3 is 0 Å².